The van der Waals surface area contributed by atoms with Gasteiger partial charge in [0.25, 0.3) is 11.8 Å². The number of piperidine rings is 1. The Morgan fingerprint density at radius 1 is 1.26 bits per heavy atom. The van der Waals surface area contributed by atoms with E-state index in [-0.39, 0.29) is 17.5 Å². The lowest BCUT2D eigenvalue weighted by atomic mass is 9.99. The van der Waals surface area contributed by atoms with E-state index in [0.717, 1.165) is 31.7 Å². The van der Waals surface area contributed by atoms with E-state index in [2.05, 4.69) is 17.2 Å². The summed E-state index contributed by atoms with van der Waals surface area (Å²) < 4.78 is 5.39. The Labute approximate surface area is 159 Å². The molecule has 6 nitrogen and oxygen atoms in total. The highest BCUT2D eigenvalue weighted by atomic mass is 16.5. The molecule has 2 heterocycles. The number of carbonyl (C=O) groups is 2. The summed E-state index contributed by atoms with van der Waals surface area (Å²) >= 11 is 0. The van der Waals surface area contributed by atoms with Gasteiger partial charge < -0.3 is 15.0 Å². The monoisotopic (exact) mass is 367 g/mol. The second kappa shape index (κ2) is 8.66. The van der Waals surface area contributed by atoms with Crippen molar-refractivity contribution in [1.29, 1.82) is 0 Å². The van der Waals surface area contributed by atoms with Gasteiger partial charge in [-0.25, -0.2) is 0 Å². The van der Waals surface area contributed by atoms with E-state index < -0.39 is 0 Å². The predicted molar refractivity (Wildman–Crippen MR) is 104 cm³/mol. The average Bonchev–Trinajstić information content (AvgIpc) is 2.69. The fraction of sp³-hybridized carbons (Fsp3) is 0.381. The number of anilines is 1. The van der Waals surface area contributed by atoms with Crippen LogP contribution < -0.4 is 10.1 Å². The average molecular weight is 367 g/mol. The molecule has 0 spiro atoms. The van der Waals surface area contributed by atoms with Crippen LogP contribution in [0.3, 0.4) is 0 Å². The Morgan fingerprint density at radius 2 is 2.04 bits per heavy atom. The van der Waals surface area contributed by atoms with Crippen molar-refractivity contribution in [2.24, 2.45) is 5.92 Å². The molecule has 0 radical (unpaired) electrons. The summed E-state index contributed by atoms with van der Waals surface area (Å²) in [6, 6.07) is 10.4. The van der Waals surface area contributed by atoms with E-state index in [1.807, 2.05) is 11.8 Å². The van der Waals surface area contributed by atoms with Gasteiger partial charge >= 0.3 is 0 Å². The summed E-state index contributed by atoms with van der Waals surface area (Å²) in [6.45, 7) is 6.18. The van der Waals surface area contributed by atoms with Crippen LogP contribution in [0.2, 0.25) is 0 Å². The first-order valence-electron chi connectivity index (χ1n) is 9.36. The number of nitrogens with zero attached hydrogens (tertiary/aromatic N) is 2. The van der Waals surface area contributed by atoms with Crippen LogP contribution in [0.1, 0.15) is 47.5 Å². The number of benzene rings is 1. The highest BCUT2D eigenvalue weighted by Gasteiger charge is 2.23. The molecule has 0 bridgehead atoms. The first-order chi connectivity index (χ1) is 13.1. The number of likely N-dealkylation sites (tertiary alicyclic amines) is 1. The van der Waals surface area contributed by atoms with Gasteiger partial charge in [-0.05, 0) is 62.1 Å². The Bertz CT molecular complexity index is 805. The topological polar surface area (TPSA) is 71.5 Å². The minimum absolute atomic E-state index is 0.0425. The summed E-state index contributed by atoms with van der Waals surface area (Å²) in [4.78, 5) is 31.2. The second-order valence-corrected chi connectivity index (χ2v) is 6.84. The van der Waals surface area contributed by atoms with Crippen LogP contribution in [0.15, 0.2) is 42.6 Å². The van der Waals surface area contributed by atoms with Crippen LogP contribution in [0, 0.1) is 5.92 Å². The molecule has 0 saturated carbocycles. The van der Waals surface area contributed by atoms with E-state index >= 15 is 0 Å². The molecule has 1 aromatic carbocycles. The minimum atomic E-state index is -0.346. The molecule has 2 aromatic rings. The van der Waals surface area contributed by atoms with Crippen molar-refractivity contribution in [3.63, 3.8) is 0 Å². The smallest absolute Gasteiger partial charge is 0.274 e. The Balaban J connectivity index is 1.68. The van der Waals surface area contributed by atoms with Gasteiger partial charge in [0, 0.05) is 30.5 Å². The first kappa shape index (κ1) is 18.9. The maximum absolute atomic E-state index is 12.7. The van der Waals surface area contributed by atoms with Gasteiger partial charge in [-0.1, -0.05) is 6.92 Å². The molecule has 27 heavy (non-hydrogen) atoms. The number of amides is 2. The van der Waals surface area contributed by atoms with Gasteiger partial charge in [-0.15, -0.1) is 0 Å². The van der Waals surface area contributed by atoms with Gasteiger partial charge in [0.15, 0.2) is 0 Å². The number of carbonyl (C=O) groups excluding carboxylic acids is 2. The fourth-order valence-electron chi connectivity index (χ4n) is 3.24. The van der Waals surface area contributed by atoms with Crippen LogP contribution in [0.4, 0.5) is 5.69 Å². The van der Waals surface area contributed by atoms with Gasteiger partial charge in [-0.2, -0.15) is 0 Å². The summed E-state index contributed by atoms with van der Waals surface area (Å²) in [5.74, 6) is 0.865. The van der Waals surface area contributed by atoms with Crippen molar-refractivity contribution in [2.75, 3.05) is 25.0 Å². The Hall–Kier alpha value is -2.89. The molecule has 1 aromatic heterocycles. The summed E-state index contributed by atoms with van der Waals surface area (Å²) in [5.41, 5.74) is 1.36. The third-order valence-electron chi connectivity index (χ3n) is 4.61. The van der Waals surface area contributed by atoms with Crippen LogP contribution in [-0.2, 0) is 0 Å². The molecule has 0 aliphatic carbocycles. The molecule has 1 fully saturated rings. The summed E-state index contributed by atoms with van der Waals surface area (Å²) in [7, 11) is 0. The number of aromatic nitrogens is 1. The van der Waals surface area contributed by atoms with E-state index in [0.29, 0.717) is 23.8 Å². The zero-order valence-corrected chi connectivity index (χ0v) is 15.8. The van der Waals surface area contributed by atoms with E-state index in [4.69, 9.17) is 4.74 Å². The highest BCUT2D eigenvalue weighted by Crippen LogP contribution is 2.19. The van der Waals surface area contributed by atoms with Crippen LogP contribution >= 0.6 is 0 Å². The fourth-order valence-corrected chi connectivity index (χ4v) is 3.24. The quantitative estimate of drug-likeness (QED) is 0.876. The highest BCUT2D eigenvalue weighted by molar-refractivity contribution is 6.04. The second-order valence-electron chi connectivity index (χ2n) is 6.84. The van der Waals surface area contributed by atoms with E-state index in [1.165, 1.54) is 6.20 Å². The number of rotatable bonds is 5. The van der Waals surface area contributed by atoms with Gasteiger partial charge in [0.1, 0.15) is 11.4 Å². The predicted octanol–water partition coefficient (Wildman–Crippen LogP) is 3.60. The van der Waals surface area contributed by atoms with Crippen molar-refractivity contribution < 1.29 is 14.3 Å². The molecular weight excluding hydrogens is 342 g/mol. The zero-order chi connectivity index (χ0) is 19.2. The minimum Gasteiger partial charge on any atom is -0.494 e. The number of ether oxygens (including phenoxy) is 1. The van der Waals surface area contributed by atoms with Gasteiger partial charge in [0.05, 0.1) is 6.61 Å². The van der Waals surface area contributed by atoms with Crippen LogP contribution in [0.25, 0.3) is 0 Å². The molecule has 3 rings (SSSR count). The summed E-state index contributed by atoms with van der Waals surface area (Å²) in [6.07, 6.45) is 3.67. The lowest BCUT2D eigenvalue weighted by Crippen LogP contribution is -2.39. The van der Waals surface area contributed by atoms with Crippen molar-refractivity contribution in [3.8, 4) is 5.75 Å². The lowest BCUT2D eigenvalue weighted by Gasteiger charge is -2.31. The molecule has 1 aliphatic rings. The van der Waals surface area contributed by atoms with Crippen molar-refractivity contribution in [3.05, 3.63) is 53.9 Å². The number of hydrogen-bond donors (Lipinski definition) is 1. The lowest BCUT2D eigenvalue weighted by molar-refractivity contribution is 0.0683. The van der Waals surface area contributed by atoms with Crippen molar-refractivity contribution in [1.82, 2.24) is 9.88 Å². The number of hydrogen-bond acceptors (Lipinski definition) is 4. The van der Waals surface area contributed by atoms with Gasteiger partial charge in [-0.3, -0.25) is 14.6 Å². The third-order valence-corrected chi connectivity index (χ3v) is 4.61. The molecule has 1 unspecified atom stereocenters. The summed E-state index contributed by atoms with van der Waals surface area (Å²) in [5, 5.41) is 2.80. The van der Waals surface area contributed by atoms with E-state index in [1.54, 1.807) is 36.4 Å². The molecule has 1 aliphatic heterocycles. The van der Waals surface area contributed by atoms with Crippen molar-refractivity contribution in [2.45, 2.75) is 26.7 Å². The SMILES string of the molecule is CCOc1ccc(NC(=O)c2cc(C(=O)N3CCCC(C)C3)ccn2)cc1. The maximum atomic E-state index is 12.7. The zero-order valence-electron chi connectivity index (χ0n) is 15.8. The Morgan fingerprint density at radius 3 is 2.74 bits per heavy atom. The molecule has 1 N–H and O–H groups in total. The molecule has 2 amide bonds. The Kier molecular flexibility index (Phi) is 6.06. The third kappa shape index (κ3) is 4.84. The molecular formula is C21H25N3O3. The first-order valence-corrected chi connectivity index (χ1v) is 9.36. The van der Waals surface area contributed by atoms with Gasteiger partial charge in [0.2, 0.25) is 0 Å². The van der Waals surface area contributed by atoms with E-state index in [9.17, 15) is 9.59 Å². The number of nitrogens with one attached hydrogen (secondary N) is 1. The van der Waals surface area contributed by atoms with Crippen molar-refractivity contribution >= 4 is 17.5 Å². The molecule has 142 valence electrons. The molecule has 1 saturated heterocycles. The number of pyridine rings is 1. The molecule has 6 heteroatoms. The molecule has 1 atom stereocenters. The normalized spacial score (nSPS) is 16.7. The van der Waals surface area contributed by atoms with Crippen LogP contribution in [0.5, 0.6) is 5.75 Å². The maximum Gasteiger partial charge on any atom is 0.274 e. The largest absolute Gasteiger partial charge is 0.494 e. The van der Waals surface area contributed by atoms with Crippen LogP contribution in [-0.4, -0.2) is 41.4 Å². The standard InChI is InChI=1S/C21H25N3O3/c1-3-27-18-8-6-17(7-9-18)23-20(25)19-13-16(10-11-22-19)21(26)24-12-4-5-15(2)14-24/h6-11,13,15H,3-5,12,14H2,1-2H3,(H,23,25).